The van der Waals surface area contributed by atoms with Crippen LogP contribution in [0.3, 0.4) is 0 Å². The zero-order valence-electron chi connectivity index (χ0n) is 7.59. The maximum Gasteiger partial charge on any atom is 0.137 e. The fraction of sp³-hybridized carbons (Fsp3) is 0.0909. The molecule has 14 heavy (non-hydrogen) atoms. The normalized spacial score (nSPS) is 9.64. The SMILES string of the molecule is C#Cc1ccc(Cn2cncn2)cc1. The molecule has 0 spiro atoms. The highest BCUT2D eigenvalue weighted by Crippen LogP contribution is 2.04. The molecule has 3 nitrogen and oxygen atoms in total. The number of benzene rings is 1. The van der Waals surface area contributed by atoms with Crippen LogP contribution in [0.1, 0.15) is 11.1 Å². The maximum absolute atomic E-state index is 5.26. The second kappa shape index (κ2) is 3.75. The molecule has 68 valence electrons. The number of nitrogens with zero attached hydrogens (tertiary/aromatic N) is 3. The summed E-state index contributed by atoms with van der Waals surface area (Å²) in [6, 6.07) is 7.84. The topological polar surface area (TPSA) is 30.7 Å². The lowest BCUT2D eigenvalue weighted by atomic mass is 10.1. The second-order valence-electron chi connectivity index (χ2n) is 2.93. The fourth-order valence-electron chi connectivity index (χ4n) is 1.21. The van der Waals surface area contributed by atoms with Gasteiger partial charge in [-0.2, -0.15) is 5.10 Å². The van der Waals surface area contributed by atoms with Crippen molar-refractivity contribution < 1.29 is 0 Å². The summed E-state index contributed by atoms with van der Waals surface area (Å²) < 4.78 is 1.77. The maximum atomic E-state index is 5.26. The van der Waals surface area contributed by atoms with Crippen molar-refractivity contribution in [2.45, 2.75) is 6.54 Å². The van der Waals surface area contributed by atoms with Crippen LogP contribution < -0.4 is 0 Å². The van der Waals surface area contributed by atoms with Crippen molar-refractivity contribution in [3.63, 3.8) is 0 Å². The molecule has 0 aliphatic carbocycles. The zero-order chi connectivity index (χ0) is 9.80. The van der Waals surface area contributed by atoms with Crippen LogP contribution in [0.4, 0.5) is 0 Å². The Balaban J connectivity index is 2.15. The number of hydrogen-bond donors (Lipinski definition) is 0. The molecule has 0 unspecified atom stereocenters. The molecule has 0 atom stereocenters. The van der Waals surface area contributed by atoms with E-state index in [2.05, 4.69) is 16.0 Å². The van der Waals surface area contributed by atoms with Crippen molar-refractivity contribution in [2.24, 2.45) is 0 Å². The van der Waals surface area contributed by atoms with Crippen molar-refractivity contribution in [3.05, 3.63) is 48.0 Å². The van der Waals surface area contributed by atoms with Crippen molar-refractivity contribution in [2.75, 3.05) is 0 Å². The molecule has 3 heteroatoms. The minimum atomic E-state index is 0.727. The van der Waals surface area contributed by atoms with Gasteiger partial charge in [0.05, 0.1) is 6.54 Å². The Bertz CT molecular complexity index is 434. The molecule has 0 bridgehead atoms. The Morgan fingerprint density at radius 1 is 1.29 bits per heavy atom. The van der Waals surface area contributed by atoms with Gasteiger partial charge in [0.25, 0.3) is 0 Å². The van der Waals surface area contributed by atoms with Crippen molar-refractivity contribution >= 4 is 0 Å². The van der Waals surface area contributed by atoms with Gasteiger partial charge in [-0.25, -0.2) is 9.67 Å². The van der Waals surface area contributed by atoms with Gasteiger partial charge in [0.1, 0.15) is 12.7 Å². The third-order valence-electron chi connectivity index (χ3n) is 1.93. The molecule has 1 heterocycles. The lowest BCUT2D eigenvalue weighted by Crippen LogP contribution is -1.99. The molecular formula is C11H9N3. The number of terminal acetylenes is 1. The molecule has 2 rings (SSSR count). The third-order valence-corrected chi connectivity index (χ3v) is 1.93. The first-order valence-electron chi connectivity index (χ1n) is 4.26. The van der Waals surface area contributed by atoms with Crippen LogP contribution in [-0.2, 0) is 6.54 Å². The number of hydrogen-bond acceptors (Lipinski definition) is 2. The molecule has 1 aromatic carbocycles. The molecule has 0 saturated heterocycles. The van der Waals surface area contributed by atoms with Gasteiger partial charge in [0.15, 0.2) is 0 Å². The van der Waals surface area contributed by atoms with Crippen molar-refractivity contribution in [1.29, 1.82) is 0 Å². The second-order valence-corrected chi connectivity index (χ2v) is 2.93. The van der Waals surface area contributed by atoms with Gasteiger partial charge in [-0.3, -0.25) is 0 Å². The van der Waals surface area contributed by atoms with E-state index in [1.54, 1.807) is 11.0 Å². The standard InChI is InChI=1S/C11H9N3/c1-2-10-3-5-11(6-4-10)7-14-9-12-8-13-14/h1,3-6,8-9H,7H2. The predicted molar refractivity (Wildman–Crippen MR) is 53.5 cm³/mol. The van der Waals surface area contributed by atoms with Gasteiger partial charge in [0.2, 0.25) is 0 Å². The highest BCUT2D eigenvalue weighted by atomic mass is 15.3. The highest BCUT2D eigenvalue weighted by molar-refractivity contribution is 5.34. The summed E-state index contributed by atoms with van der Waals surface area (Å²) in [5.74, 6) is 2.58. The van der Waals surface area contributed by atoms with Crippen molar-refractivity contribution in [3.8, 4) is 12.3 Å². The Hall–Kier alpha value is -2.08. The Labute approximate surface area is 82.4 Å². The first kappa shape index (κ1) is 8.52. The molecule has 0 fully saturated rings. The van der Waals surface area contributed by atoms with Gasteiger partial charge < -0.3 is 0 Å². The molecule has 0 N–H and O–H groups in total. The van der Waals surface area contributed by atoms with E-state index in [9.17, 15) is 0 Å². The van der Waals surface area contributed by atoms with Gasteiger partial charge in [-0.1, -0.05) is 18.1 Å². The largest absolute Gasteiger partial charge is 0.249 e. The third kappa shape index (κ3) is 1.80. The van der Waals surface area contributed by atoms with E-state index in [0.717, 1.165) is 17.7 Å². The summed E-state index contributed by atoms with van der Waals surface area (Å²) in [7, 11) is 0. The zero-order valence-corrected chi connectivity index (χ0v) is 7.59. The molecule has 0 saturated carbocycles. The van der Waals surface area contributed by atoms with Crippen LogP contribution in [0, 0.1) is 12.3 Å². The monoisotopic (exact) mass is 183 g/mol. The van der Waals surface area contributed by atoms with Crippen molar-refractivity contribution in [1.82, 2.24) is 14.8 Å². The van der Waals surface area contributed by atoms with E-state index in [1.807, 2.05) is 24.3 Å². The summed E-state index contributed by atoms with van der Waals surface area (Å²) in [5, 5.41) is 4.02. The van der Waals surface area contributed by atoms with E-state index < -0.39 is 0 Å². The summed E-state index contributed by atoms with van der Waals surface area (Å²) in [6.07, 6.45) is 8.47. The lowest BCUT2D eigenvalue weighted by Gasteiger charge is -2.00. The van der Waals surface area contributed by atoms with E-state index in [0.29, 0.717) is 0 Å². The van der Waals surface area contributed by atoms with Crippen LogP contribution in [0.15, 0.2) is 36.9 Å². The minimum Gasteiger partial charge on any atom is -0.249 e. The summed E-state index contributed by atoms with van der Waals surface area (Å²) in [5.41, 5.74) is 2.06. The first-order valence-corrected chi connectivity index (χ1v) is 4.26. The van der Waals surface area contributed by atoms with Crippen LogP contribution in [0.5, 0.6) is 0 Å². The Kier molecular flexibility index (Phi) is 2.28. The molecule has 0 aliphatic rings. The lowest BCUT2D eigenvalue weighted by molar-refractivity contribution is 0.685. The molecule has 0 amide bonds. The van der Waals surface area contributed by atoms with Crippen LogP contribution >= 0.6 is 0 Å². The molecular weight excluding hydrogens is 174 g/mol. The summed E-state index contributed by atoms with van der Waals surface area (Å²) in [6.45, 7) is 0.727. The molecule has 0 radical (unpaired) electrons. The number of aromatic nitrogens is 3. The van der Waals surface area contributed by atoms with Gasteiger partial charge >= 0.3 is 0 Å². The van der Waals surface area contributed by atoms with Gasteiger partial charge in [-0.05, 0) is 17.7 Å². The Morgan fingerprint density at radius 2 is 2.07 bits per heavy atom. The first-order chi connectivity index (χ1) is 6.88. The average Bonchev–Trinajstić information content (AvgIpc) is 2.72. The smallest absolute Gasteiger partial charge is 0.137 e. The van der Waals surface area contributed by atoms with Crippen LogP contribution in [0.25, 0.3) is 0 Å². The molecule has 2 aromatic rings. The van der Waals surface area contributed by atoms with Gasteiger partial charge in [-0.15, -0.1) is 6.42 Å². The Morgan fingerprint density at radius 3 is 2.64 bits per heavy atom. The summed E-state index contributed by atoms with van der Waals surface area (Å²) in [4.78, 5) is 3.87. The van der Waals surface area contributed by atoms with Crippen LogP contribution in [-0.4, -0.2) is 14.8 Å². The molecule has 0 aliphatic heterocycles. The number of rotatable bonds is 2. The van der Waals surface area contributed by atoms with E-state index in [-0.39, 0.29) is 0 Å². The quantitative estimate of drug-likeness (QED) is 0.657. The minimum absolute atomic E-state index is 0.727. The van der Waals surface area contributed by atoms with E-state index in [4.69, 9.17) is 6.42 Å². The highest BCUT2D eigenvalue weighted by Gasteiger charge is 1.94. The summed E-state index contributed by atoms with van der Waals surface area (Å²) >= 11 is 0. The molecule has 1 aromatic heterocycles. The van der Waals surface area contributed by atoms with Crippen LogP contribution in [0.2, 0.25) is 0 Å². The average molecular weight is 183 g/mol. The van der Waals surface area contributed by atoms with Gasteiger partial charge in [0, 0.05) is 5.56 Å². The van der Waals surface area contributed by atoms with E-state index in [1.165, 1.54) is 6.33 Å². The fourth-order valence-corrected chi connectivity index (χ4v) is 1.21. The predicted octanol–water partition coefficient (Wildman–Crippen LogP) is 1.31. The van der Waals surface area contributed by atoms with E-state index >= 15 is 0 Å².